The highest BCUT2D eigenvalue weighted by atomic mass is 32.2. The van der Waals surface area contributed by atoms with Crippen molar-refractivity contribution in [1.82, 2.24) is 0 Å². The first-order valence-electron chi connectivity index (χ1n) is 12.8. The first-order chi connectivity index (χ1) is 15.2. The topological polar surface area (TPSA) is 37.3 Å². The van der Waals surface area contributed by atoms with E-state index in [1.165, 1.54) is 43.3 Å². The van der Waals surface area contributed by atoms with E-state index < -0.39 is 17.2 Å². The second-order valence-corrected chi connectivity index (χ2v) is 15.0. The lowest BCUT2D eigenvalue weighted by Gasteiger charge is -2.63. The number of halogens is 1. The molecule has 0 heterocycles. The average molecular weight is 477 g/mol. The summed E-state index contributed by atoms with van der Waals surface area (Å²) in [5, 5.41) is 11.6. The van der Waals surface area contributed by atoms with Crippen molar-refractivity contribution >= 4 is 29.3 Å². The molecule has 1 N–H and O–H groups in total. The highest BCUT2D eigenvalue weighted by Gasteiger charge is 2.73. The predicted octanol–water partition coefficient (Wildman–Crippen LogP) is 6.34. The Bertz CT molecular complexity index is 861. The molecule has 0 aliphatic heterocycles. The molecule has 6 aliphatic carbocycles. The van der Waals surface area contributed by atoms with Crippen LogP contribution in [0.5, 0.6) is 0 Å². The van der Waals surface area contributed by atoms with Gasteiger partial charge in [0.05, 0.1) is 10.2 Å². The van der Waals surface area contributed by atoms with E-state index in [0.29, 0.717) is 12.3 Å². The Morgan fingerprint density at radius 1 is 1.03 bits per heavy atom. The van der Waals surface area contributed by atoms with Crippen LogP contribution in [0.15, 0.2) is 23.8 Å². The van der Waals surface area contributed by atoms with Gasteiger partial charge in [0.15, 0.2) is 11.5 Å². The van der Waals surface area contributed by atoms with Gasteiger partial charge in [-0.25, -0.2) is 4.39 Å². The smallest absolute Gasteiger partial charge is 0.178 e. The number of rotatable bonds is 6. The Morgan fingerprint density at radius 2 is 1.69 bits per heavy atom. The number of fused-ring (bicyclic) bond motifs is 5. The molecule has 5 saturated carbocycles. The van der Waals surface area contributed by atoms with Gasteiger partial charge in [0, 0.05) is 11.3 Å². The molecular weight excluding hydrogens is 439 g/mol. The number of aliphatic hydroxyl groups excluding tert-OH is 1. The maximum absolute atomic E-state index is 17.3. The fraction of sp³-hybridized carbons (Fsp3) is 0.815. The van der Waals surface area contributed by atoms with Crippen molar-refractivity contribution in [1.29, 1.82) is 0 Å². The van der Waals surface area contributed by atoms with Crippen LogP contribution in [-0.2, 0) is 4.79 Å². The quantitative estimate of drug-likeness (QED) is 0.454. The maximum Gasteiger partial charge on any atom is 0.178 e. The lowest BCUT2D eigenvalue weighted by atomic mass is 9.46. The number of thioether (sulfide) groups is 2. The molecule has 0 bridgehead atoms. The molecule has 176 valence electrons. The van der Waals surface area contributed by atoms with E-state index in [9.17, 15) is 9.90 Å². The van der Waals surface area contributed by atoms with Crippen LogP contribution >= 0.6 is 23.5 Å². The van der Waals surface area contributed by atoms with Crippen LogP contribution in [0.3, 0.4) is 0 Å². The number of hydrogen-bond acceptors (Lipinski definition) is 4. The number of alkyl halides is 1. The number of hydrogen-bond donors (Lipinski definition) is 1. The SMILES string of the molecule is C[C@]12C[C@H](O)[C@@]3(F)[C@@H](CCC4=CC(=O)C=C[C@@]43C)[C@@H]1CCC2(SCC1CC1)SCC1CC1. The minimum atomic E-state index is -1.68. The molecule has 32 heavy (non-hydrogen) atoms. The number of ketones is 1. The van der Waals surface area contributed by atoms with Crippen LogP contribution in [0.1, 0.15) is 71.6 Å². The van der Waals surface area contributed by atoms with Crippen LogP contribution < -0.4 is 0 Å². The Labute approximate surface area is 200 Å². The standard InChI is InChI=1S/C27H37FO2S2/c1-24-11-9-20(29)13-19(24)7-8-22-21-10-12-26(31-15-17-3-4-17,32-16-18-5-6-18)25(21,2)14-23(30)27(22,24)28/h9,11,13,17-18,21-23,30H,3-8,10,12,14-16H2,1-2H3/t21-,22-,23-,24-,25-,27-/m0/s1. The molecule has 5 heteroatoms. The van der Waals surface area contributed by atoms with Crippen molar-refractivity contribution in [3.8, 4) is 0 Å². The van der Waals surface area contributed by atoms with Crippen molar-refractivity contribution in [2.75, 3.05) is 11.5 Å². The monoisotopic (exact) mass is 476 g/mol. The van der Waals surface area contributed by atoms with Gasteiger partial charge in [-0.05, 0) is 112 Å². The van der Waals surface area contributed by atoms with E-state index in [4.69, 9.17) is 0 Å². The van der Waals surface area contributed by atoms with Crippen LogP contribution in [-0.4, -0.2) is 38.2 Å². The normalized spacial score (nSPS) is 46.9. The van der Waals surface area contributed by atoms with Crippen molar-refractivity contribution in [3.63, 3.8) is 0 Å². The maximum atomic E-state index is 17.3. The molecular formula is C27H37FO2S2. The summed E-state index contributed by atoms with van der Waals surface area (Å²) in [5.41, 5.74) is -1.70. The molecule has 0 aromatic rings. The highest BCUT2D eigenvalue weighted by Crippen LogP contribution is 2.74. The summed E-state index contributed by atoms with van der Waals surface area (Å²) in [5.74, 6) is 4.35. The van der Waals surface area contributed by atoms with Crippen LogP contribution in [0.25, 0.3) is 0 Å². The summed E-state index contributed by atoms with van der Waals surface area (Å²) >= 11 is 4.36. The molecule has 0 radical (unpaired) electrons. The summed E-state index contributed by atoms with van der Waals surface area (Å²) < 4.78 is 17.4. The van der Waals surface area contributed by atoms with Crippen LogP contribution in [0.4, 0.5) is 4.39 Å². The summed E-state index contributed by atoms with van der Waals surface area (Å²) in [6.07, 6.45) is 13.8. The van der Waals surface area contributed by atoms with E-state index in [1.807, 2.05) is 6.92 Å². The van der Waals surface area contributed by atoms with E-state index in [0.717, 1.165) is 43.1 Å². The average Bonchev–Trinajstić information content (AvgIpc) is 3.67. The predicted molar refractivity (Wildman–Crippen MR) is 131 cm³/mol. The van der Waals surface area contributed by atoms with Gasteiger partial charge in [0.25, 0.3) is 0 Å². The molecule has 0 aromatic heterocycles. The summed E-state index contributed by atoms with van der Waals surface area (Å²) in [6.45, 7) is 4.34. The Balaban J connectivity index is 1.35. The second kappa shape index (κ2) is 7.37. The molecule has 2 nitrogen and oxygen atoms in total. The first kappa shape index (κ1) is 22.2. The van der Waals surface area contributed by atoms with Crippen molar-refractivity contribution in [3.05, 3.63) is 23.8 Å². The van der Waals surface area contributed by atoms with Gasteiger partial charge in [-0.2, -0.15) is 0 Å². The van der Waals surface area contributed by atoms with Gasteiger partial charge in [-0.15, -0.1) is 23.5 Å². The van der Waals surface area contributed by atoms with Gasteiger partial charge in [0.1, 0.15) is 0 Å². The number of carbonyl (C=O) groups excluding carboxylic acids is 1. The van der Waals surface area contributed by atoms with Gasteiger partial charge in [-0.1, -0.05) is 18.6 Å². The van der Waals surface area contributed by atoms with E-state index in [-0.39, 0.29) is 21.2 Å². The third kappa shape index (κ3) is 3.05. The van der Waals surface area contributed by atoms with Crippen molar-refractivity contribution < 1.29 is 14.3 Å². The fourth-order valence-corrected chi connectivity index (χ4v) is 11.8. The lowest BCUT2D eigenvalue weighted by molar-refractivity contribution is -0.189. The molecule has 6 aliphatic rings. The minimum Gasteiger partial charge on any atom is -0.390 e. The second-order valence-electron chi connectivity index (χ2n) is 12.1. The van der Waals surface area contributed by atoms with Crippen molar-refractivity contribution in [2.45, 2.75) is 87.5 Å². The largest absolute Gasteiger partial charge is 0.390 e. The number of allylic oxidation sites excluding steroid dienone is 4. The first-order valence-corrected chi connectivity index (χ1v) is 14.8. The van der Waals surface area contributed by atoms with Gasteiger partial charge >= 0.3 is 0 Å². The summed E-state index contributed by atoms with van der Waals surface area (Å²) in [7, 11) is 0. The molecule has 5 fully saturated rings. The summed E-state index contributed by atoms with van der Waals surface area (Å²) in [6, 6.07) is 0. The van der Waals surface area contributed by atoms with Crippen molar-refractivity contribution in [2.24, 2.45) is 34.5 Å². The van der Waals surface area contributed by atoms with E-state index >= 15 is 4.39 Å². The third-order valence-electron chi connectivity index (χ3n) is 10.2. The molecule has 6 rings (SSSR count). The van der Waals surface area contributed by atoms with Crippen LogP contribution in [0, 0.1) is 34.5 Å². The third-order valence-corrected chi connectivity index (χ3v) is 14.4. The van der Waals surface area contributed by atoms with Gasteiger partial charge in [-0.3, -0.25) is 4.79 Å². The summed E-state index contributed by atoms with van der Waals surface area (Å²) in [4.78, 5) is 12.0. The lowest BCUT2D eigenvalue weighted by Crippen LogP contribution is -2.67. The zero-order chi connectivity index (χ0) is 22.4. The van der Waals surface area contributed by atoms with E-state index in [2.05, 4.69) is 30.4 Å². The van der Waals surface area contributed by atoms with Gasteiger partial charge < -0.3 is 5.11 Å². The van der Waals surface area contributed by atoms with Crippen LogP contribution in [0.2, 0.25) is 0 Å². The molecule has 6 atom stereocenters. The Kier molecular flexibility index (Phi) is 5.12. The molecule has 0 spiro atoms. The highest BCUT2D eigenvalue weighted by molar-refractivity contribution is 8.18. The zero-order valence-electron chi connectivity index (χ0n) is 19.4. The minimum absolute atomic E-state index is 0.0394. The van der Waals surface area contributed by atoms with Gasteiger partial charge in [0.2, 0.25) is 0 Å². The molecule has 0 aromatic carbocycles. The Hall–Kier alpha value is -0.260. The van der Waals surface area contributed by atoms with E-state index in [1.54, 1.807) is 12.2 Å². The molecule has 0 saturated heterocycles. The fourth-order valence-electron chi connectivity index (χ4n) is 7.75. The zero-order valence-corrected chi connectivity index (χ0v) is 21.1. The number of aliphatic hydroxyl groups is 1. The molecule has 0 amide bonds. The number of carbonyl (C=O) groups is 1. The molecule has 0 unspecified atom stereocenters. The Morgan fingerprint density at radius 3 is 2.31 bits per heavy atom.